The molecule has 5 atom stereocenters. The summed E-state index contributed by atoms with van der Waals surface area (Å²) in [4.78, 5) is 65.0. The Balaban J connectivity index is 1.19. The minimum absolute atomic E-state index is 0.00455. The molecule has 2 N–H and O–H groups in total. The van der Waals surface area contributed by atoms with Crippen molar-refractivity contribution in [3.05, 3.63) is 16.6 Å². The number of rotatable bonds is 10. The van der Waals surface area contributed by atoms with Crippen LogP contribution in [-0.2, 0) is 19.1 Å². The van der Waals surface area contributed by atoms with Gasteiger partial charge in [-0.2, -0.15) is 0 Å². The largest absolute Gasteiger partial charge is 0.396 e. The van der Waals surface area contributed by atoms with Gasteiger partial charge in [0.25, 0.3) is 5.91 Å². The van der Waals surface area contributed by atoms with E-state index in [-0.39, 0.29) is 54.0 Å². The van der Waals surface area contributed by atoms with E-state index in [1.165, 1.54) is 30.6 Å². The van der Waals surface area contributed by atoms with Crippen LogP contribution in [0.3, 0.4) is 0 Å². The average molecular weight is 658 g/mol. The number of thiazole rings is 1. The van der Waals surface area contributed by atoms with E-state index in [0.29, 0.717) is 50.1 Å². The smallest absolute Gasteiger partial charge is 0.265 e. The van der Waals surface area contributed by atoms with Gasteiger partial charge in [0.1, 0.15) is 10.9 Å². The van der Waals surface area contributed by atoms with E-state index in [4.69, 9.17) is 4.74 Å². The van der Waals surface area contributed by atoms with E-state index in [1.807, 2.05) is 11.8 Å². The highest BCUT2D eigenvalue weighted by molar-refractivity contribution is 7.11. The molecule has 1 spiro atoms. The number of carbonyl (C=O) groups excluding carboxylic acids is 4. The van der Waals surface area contributed by atoms with Gasteiger partial charge in [-0.05, 0) is 56.3 Å². The van der Waals surface area contributed by atoms with Gasteiger partial charge >= 0.3 is 0 Å². The van der Waals surface area contributed by atoms with Gasteiger partial charge in [-0.3, -0.25) is 24.2 Å². The monoisotopic (exact) mass is 657 g/mol. The third-order valence-electron chi connectivity index (χ3n) is 11.5. The molecule has 254 valence electrons. The van der Waals surface area contributed by atoms with E-state index in [2.05, 4.69) is 24.1 Å². The zero-order chi connectivity index (χ0) is 32.6. The summed E-state index contributed by atoms with van der Waals surface area (Å²) in [6, 6.07) is -0.887. The number of nitrogens with zero attached hydrogens (tertiary/aromatic N) is 4. The molecule has 3 aliphatic heterocycles. The minimum atomic E-state index is -0.887. The van der Waals surface area contributed by atoms with E-state index in [9.17, 15) is 24.3 Å². The molecule has 5 aliphatic rings. The number of aromatic nitrogens is 1. The number of ether oxygens (including phenoxy) is 1. The second kappa shape index (κ2) is 13.5. The fourth-order valence-corrected chi connectivity index (χ4v) is 8.83. The molecule has 46 heavy (non-hydrogen) atoms. The van der Waals surface area contributed by atoms with Gasteiger partial charge in [0, 0.05) is 63.8 Å². The molecule has 2 saturated carbocycles. The molecule has 1 unspecified atom stereocenters. The van der Waals surface area contributed by atoms with Crippen LogP contribution in [0, 0.1) is 34.5 Å². The minimum Gasteiger partial charge on any atom is -0.396 e. The van der Waals surface area contributed by atoms with Gasteiger partial charge in [-0.25, -0.2) is 0 Å². The van der Waals surface area contributed by atoms with Crippen LogP contribution in [0.4, 0.5) is 0 Å². The van der Waals surface area contributed by atoms with Crippen LogP contribution in [0.1, 0.15) is 81.8 Å². The number of carbonyl (C=O) groups is 4. The van der Waals surface area contributed by atoms with Gasteiger partial charge in [-0.15, -0.1) is 11.3 Å². The number of hydrogen-bond donors (Lipinski definition) is 2. The van der Waals surface area contributed by atoms with Crippen LogP contribution in [0.2, 0.25) is 0 Å². The molecular formula is C34H51N5O6S. The molecule has 0 bridgehead atoms. The summed E-state index contributed by atoms with van der Waals surface area (Å²) in [5.74, 6) is -0.594. The van der Waals surface area contributed by atoms with Crippen molar-refractivity contribution in [3.63, 3.8) is 0 Å². The van der Waals surface area contributed by atoms with Crippen LogP contribution < -0.4 is 5.32 Å². The summed E-state index contributed by atoms with van der Waals surface area (Å²) in [5.41, 5.74) is 1.05. The van der Waals surface area contributed by atoms with Crippen molar-refractivity contribution in [1.29, 1.82) is 0 Å². The Bertz CT molecular complexity index is 1280. The van der Waals surface area contributed by atoms with Gasteiger partial charge in [-0.1, -0.05) is 33.1 Å². The van der Waals surface area contributed by atoms with Crippen LogP contribution >= 0.6 is 11.3 Å². The summed E-state index contributed by atoms with van der Waals surface area (Å²) in [7, 11) is 0. The third kappa shape index (κ3) is 6.85. The number of aliphatic hydroxyl groups is 1. The first-order chi connectivity index (χ1) is 22.0. The zero-order valence-corrected chi connectivity index (χ0v) is 28.4. The Kier molecular flexibility index (Phi) is 9.79. The maximum atomic E-state index is 14.3. The highest BCUT2D eigenvalue weighted by atomic mass is 32.1. The topological polar surface area (TPSA) is 132 Å². The second-order valence-corrected chi connectivity index (χ2v) is 16.3. The Morgan fingerprint density at radius 3 is 2.35 bits per heavy atom. The molecule has 3 saturated heterocycles. The third-order valence-corrected chi connectivity index (χ3v) is 12.2. The van der Waals surface area contributed by atoms with Crippen molar-refractivity contribution in [2.75, 3.05) is 52.5 Å². The lowest BCUT2D eigenvalue weighted by Gasteiger charge is -2.50. The molecule has 1 aromatic heterocycles. The molecule has 5 fully saturated rings. The zero-order valence-electron chi connectivity index (χ0n) is 27.6. The van der Waals surface area contributed by atoms with E-state index in [1.54, 1.807) is 21.5 Å². The second-order valence-electron chi connectivity index (χ2n) is 15.4. The lowest BCUT2D eigenvalue weighted by Crippen LogP contribution is -2.65. The van der Waals surface area contributed by atoms with Crippen molar-refractivity contribution in [2.45, 2.75) is 84.3 Å². The van der Waals surface area contributed by atoms with E-state index in [0.717, 1.165) is 32.1 Å². The molecule has 4 amide bonds. The van der Waals surface area contributed by atoms with Gasteiger partial charge < -0.3 is 29.9 Å². The SMILES string of the molecule is C[C@@H](OCC1CCCCC1)[C@H](NC(=O)C1CN(C(=O)c2cncs2)CC12CN(C(=O)[C@H]1CC1(C)C)C2)C(=O)N1CCC[C@H](CO)C1. The van der Waals surface area contributed by atoms with Crippen molar-refractivity contribution in [2.24, 2.45) is 34.5 Å². The average Bonchev–Trinajstić information content (AvgIpc) is 3.41. The molecule has 4 heterocycles. The molecule has 0 radical (unpaired) electrons. The number of piperidine rings is 1. The van der Waals surface area contributed by atoms with Crippen molar-refractivity contribution < 1.29 is 29.0 Å². The Hall–Kier alpha value is -2.57. The molecular weight excluding hydrogens is 606 g/mol. The van der Waals surface area contributed by atoms with Crippen molar-refractivity contribution in [3.8, 4) is 0 Å². The van der Waals surface area contributed by atoms with E-state index >= 15 is 0 Å². The predicted molar refractivity (Wildman–Crippen MR) is 173 cm³/mol. The Morgan fingerprint density at radius 1 is 1.00 bits per heavy atom. The van der Waals surface area contributed by atoms with Crippen molar-refractivity contribution >= 4 is 35.0 Å². The highest BCUT2D eigenvalue weighted by Crippen LogP contribution is 2.54. The maximum Gasteiger partial charge on any atom is 0.265 e. The lowest BCUT2D eigenvalue weighted by atomic mass is 9.70. The van der Waals surface area contributed by atoms with Gasteiger partial charge in [0.05, 0.1) is 23.7 Å². The van der Waals surface area contributed by atoms with Gasteiger partial charge in [0.15, 0.2) is 0 Å². The molecule has 1 aromatic rings. The predicted octanol–water partition coefficient (Wildman–Crippen LogP) is 2.79. The Morgan fingerprint density at radius 2 is 1.70 bits per heavy atom. The fraction of sp³-hybridized carbons (Fsp3) is 0.794. The quantitative estimate of drug-likeness (QED) is 0.396. The molecule has 12 heteroatoms. The standard InChI is InChI=1S/C34H51N5O6S/c1-22(45-17-23-8-5-4-6-9-23)28(32(44)37-11-7-10-24(14-37)16-40)36-29(41)26-15-38(31(43)27-13-35-21-46-27)18-34(26)19-39(20-34)30(42)25-12-33(25,2)3/h13,21-26,28,40H,4-12,14-20H2,1-3H3,(H,36,41)/t22-,24+,25-,26?,28+/m1/s1. The van der Waals surface area contributed by atoms with Crippen LogP contribution in [0.25, 0.3) is 0 Å². The lowest BCUT2D eigenvalue weighted by molar-refractivity contribution is -0.153. The number of hydrogen-bond acceptors (Lipinski definition) is 8. The molecule has 6 rings (SSSR count). The maximum absolute atomic E-state index is 14.3. The van der Waals surface area contributed by atoms with Crippen LogP contribution in [-0.4, -0.2) is 113 Å². The number of nitrogens with one attached hydrogen (secondary N) is 1. The van der Waals surface area contributed by atoms with Crippen molar-refractivity contribution in [1.82, 2.24) is 25.0 Å². The molecule has 0 aromatic carbocycles. The first-order valence-corrected chi connectivity index (χ1v) is 18.2. The summed E-state index contributed by atoms with van der Waals surface area (Å²) >= 11 is 1.27. The van der Waals surface area contributed by atoms with Crippen LogP contribution in [0.15, 0.2) is 11.7 Å². The van der Waals surface area contributed by atoms with Crippen LogP contribution in [0.5, 0.6) is 0 Å². The Labute approximate surface area is 276 Å². The summed E-state index contributed by atoms with van der Waals surface area (Å²) < 4.78 is 6.34. The normalized spacial score (nSPS) is 28.4. The van der Waals surface area contributed by atoms with E-state index < -0.39 is 23.5 Å². The number of aliphatic hydroxyl groups excluding tert-OH is 1. The van der Waals surface area contributed by atoms with Gasteiger partial charge in [0.2, 0.25) is 17.7 Å². The highest BCUT2D eigenvalue weighted by Gasteiger charge is 2.62. The molecule has 11 nitrogen and oxygen atoms in total. The number of amides is 4. The summed E-state index contributed by atoms with van der Waals surface area (Å²) in [6.45, 7) is 9.10. The first-order valence-electron chi connectivity index (χ1n) is 17.3. The summed E-state index contributed by atoms with van der Waals surface area (Å²) in [5, 5.41) is 12.9. The summed E-state index contributed by atoms with van der Waals surface area (Å²) in [6.07, 6.45) is 9.40. The first kappa shape index (κ1) is 33.3. The molecule has 2 aliphatic carbocycles. The fourth-order valence-electron chi connectivity index (χ4n) is 8.24. The number of likely N-dealkylation sites (tertiary alicyclic amines) is 3.